The minimum absolute atomic E-state index is 0.607. The van der Waals surface area contributed by atoms with E-state index in [0.29, 0.717) is 33.8 Å². The van der Waals surface area contributed by atoms with Gasteiger partial charge >= 0.3 is 16.5 Å². The van der Waals surface area contributed by atoms with Crippen LogP contribution in [0.15, 0.2) is 162 Å². The Morgan fingerprint density at radius 1 is 0.386 bits per heavy atom. The molecule has 0 saturated carbocycles. The quantitative estimate of drug-likeness (QED) is 0.192. The molecule has 0 fully saturated rings. The lowest BCUT2D eigenvalue weighted by molar-refractivity contribution is 0.498. The molecule has 8 rings (SSSR count). The molecule has 0 radical (unpaired) electrons. The Kier molecular flexibility index (Phi) is 6.84. The number of hydrogen-bond acceptors (Lipinski definition) is 6. The smallest absolute Gasteiger partial charge is 0.391 e. The summed E-state index contributed by atoms with van der Waals surface area (Å²) in [5, 5.41) is 3.85. The average molecular weight is 615 g/mol. The van der Waals surface area contributed by atoms with E-state index in [1.165, 1.54) is 0 Å². The van der Waals surface area contributed by atoms with E-state index in [0.717, 1.165) is 32.7 Å². The van der Waals surface area contributed by atoms with E-state index in [9.17, 15) is 0 Å². The third-order valence-corrected chi connectivity index (χ3v) is 9.29. The first kappa shape index (κ1) is 26.4. The molecule has 0 unspecified atom stereocenters. The zero-order chi connectivity index (χ0) is 29.3. The molecule has 8 heteroatoms. The minimum Gasteiger partial charge on any atom is -0.391 e. The number of hydrogen-bond donors (Lipinski definition) is 0. The van der Waals surface area contributed by atoms with E-state index in [-0.39, 0.29) is 0 Å². The highest BCUT2D eigenvalue weighted by Crippen LogP contribution is 2.42. The molecule has 0 saturated heterocycles. The minimum atomic E-state index is -1.80. The van der Waals surface area contributed by atoms with Crippen LogP contribution in [0.5, 0.6) is 11.5 Å². The Labute approximate surface area is 253 Å². The molecular weight excluding hydrogens is 590 g/mol. The summed E-state index contributed by atoms with van der Waals surface area (Å²) in [6.45, 7) is 0. The molecule has 6 nitrogen and oxygen atoms in total. The summed E-state index contributed by atoms with van der Waals surface area (Å²) in [6, 6.07) is 47.1. The van der Waals surface area contributed by atoms with Crippen molar-refractivity contribution >= 4 is 60.4 Å². The van der Waals surface area contributed by atoms with Crippen LogP contribution in [0.1, 0.15) is 0 Å². The molecule has 0 bridgehead atoms. The van der Waals surface area contributed by atoms with Crippen LogP contribution >= 0.6 is 16.5 Å². The Morgan fingerprint density at radius 2 is 0.818 bits per heavy atom. The summed E-state index contributed by atoms with van der Waals surface area (Å²) in [6.07, 6.45) is 0. The Hall–Kier alpha value is -5.28. The van der Waals surface area contributed by atoms with E-state index >= 15 is 0 Å². The molecule has 214 valence electrons. The lowest BCUT2D eigenvalue weighted by atomic mass is 10.0. The van der Waals surface area contributed by atoms with Gasteiger partial charge in [-0.2, -0.15) is 0 Å². The lowest BCUT2D eigenvalue weighted by Crippen LogP contribution is -1.86. The topological polar surface area (TPSA) is 71.0 Å². The van der Waals surface area contributed by atoms with Gasteiger partial charge in [-0.05, 0) is 48.0 Å². The highest BCUT2D eigenvalue weighted by atomic mass is 31.1. The van der Waals surface area contributed by atoms with Crippen molar-refractivity contribution in [1.29, 1.82) is 0 Å². The third-order valence-electron chi connectivity index (χ3n) is 7.21. The molecule has 2 heterocycles. The van der Waals surface area contributed by atoms with Crippen LogP contribution < -0.4 is 9.05 Å². The van der Waals surface area contributed by atoms with Gasteiger partial charge in [-0.15, -0.1) is 0 Å². The summed E-state index contributed by atoms with van der Waals surface area (Å²) in [5.41, 5.74) is 4.62. The molecule has 8 aromatic rings. The van der Waals surface area contributed by atoms with Gasteiger partial charge in [0.15, 0.2) is 0 Å². The second-order valence-electron chi connectivity index (χ2n) is 10.0. The fraction of sp³-hybridized carbons (Fsp3) is 0. The molecule has 0 aliphatic heterocycles. The molecule has 2 aromatic heterocycles. The molecule has 0 aliphatic rings. The summed E-state index contributed by atoms with van der Waals surface area (Å²) in [5.74, 6) is 1.24. The summed E-state index contributed by atoms with van der Waals surface area (Å²) < 4.78 is 37.9. The largest absolute Gasteiger partial charge is 0.453 e. The van der Waals surface area contributed by atoms with Gasteiger partial charge in [0.1, 0.15) is 33.8 Å². The van der Waals surface area contributed by atoms with E-state index in [2.05, 4.69) is 0 Å². The molecule has 0 N–H and O–H groups in total. The van der Waals surface area contributed by atoms with Gasteiger partial charge in [0.2, 0.25) is 0 Å². The monoisotopic (exact) mass is 614 g/mol. The van der Waals surface area contributed by atoms with E-state index in [1.807, 2.05) is 146 Å². The van der Waals surface area contributed by atoms with Crippen LogP contribution in [0.25, 0.3) is 55.0 Å². The zero-order valence-corrected chi connectivity index (χ0v) is 25.0. The van der Waals surface area contributed by atoms with Gasteiger partial charge < -0.3 is 25.8 Å². The van der Waals surface area contributed by atoms with E-state index in [1.54, 1.807) is 0 Å². The number of fused-ring (bicyclic) bond motifs is 6. The van der Waals surface area contributed by atoms with Gasteiger partial charge in [0.05, 0.1) is 0 Å². The van der Waals surface area contributed by atoms with Crippen molar-refractivity contribution in [2.45, 2.75) is 0 Å². The van der Waals surface area contributed by atoms with Crippen molar-refractivity contribution in [2.75, 3.05) is 0 Å². The van der Waals surface area contributed by atoms with Crippen molar-refractivity contribution in [3.8, 4) is 22.6 Å². The van der Waals surface area contributed by atoms with Crippen molar-refractivity contribution in [1.82, 2.24) is 0 Å². The second-order valence-corrected chi connectivity index (χ2v) is 12.0. The fourth-order valence-corrected chi connectivity index (χ4v) is 7.29. The van der Waals surface area contributed by atoms with Crippen LogP contribution in [-0.2, 0) is 0 Å². The van der Waals surface area contributed by atoms with Crippen molar-refractivity contribution in [2.24, 2.45) is 0 Å². The predicted octanol–water partition coefficient (Wildman–Crippen LogP) is 12.2. The standard InChI is InChI=1S/C36H24O6P2/c1-6-19-32(38-44-41-35-22-9-4-17-30(35)31-18-5-10-23-36(31)42-44)27(14-1)25-12-11-13-26(24-25)37-43-39-33-20-7-2-15-28(33)29-16-3-8-21-34(29)40-43/h1-24H. The van der Waals surface area contributed by atoms with Gasteiger partial charge in [-0.1, -0.05) is 103 Å². The van der Waals surface area contributed by atoms with Crippen molar-refractivity contribution in [3.63, 3.8) is 0 Å². The highest BCUT2D eigenvalue weighted by molar-refractivity contribution is 7.32. The van der Waals surface area contributed by atoms with Gasteiger partial charge in [-0.3, -0.25) is 0 Å². The fourth-order valence-electron chi connectivity index (χ4n) is 5.18. The van der Waals surface area contributed by atoms with Crippen molar-refractivity contribution < 1.29 is 25.8 Å². The maximum atomic E-state index is 6.45. The van der Waals surface area contributed by atoms with E-state index in [4.69, 9.17) is 25.8 Å². The third kappa shape index (κ3) is 5.11. The Morgan fingerprint density at radius 3 is 1.34 bits per heavy atom. The van der Waals surface area contributed by atoms with E-state index < -0.39 is 16.5 Å². The van der Waals surface area contributed by atoms with Crippen LogP contribution in [0.3, 0.4) is 0 Å². The lowest BCUT2D eigenvalue weighted by Gasteiger charge is -2.10. The summed E-state index contributed by atoms with van der Waals surface area (Å²) in [4.78, 5) is 0. The first-order valence-corrected chi connectivity index (χ1v) is 16.2. The molecule has 0 amide bonds. The van der Waals surface area contributed by atoms with Gasteiger partial charge in [-0.25, -0.2) is 0 Å². The van der Waals surface area contributed by atoms with Crippen LogP contribution in [0.2, 0.25) is 0 Å². The number of para-hydroxylation sites is 5. The molecular formula is C36H24O6P2. The maximum Gasteiger partial charge on any atom is 0.453 e. The number of rotatable bonds is 5. The summed E-state index contributed by atoms with van der Waals surface area (Å²) in [7, 11) is -3.57. The SMILES string of the molecule is c1cc(Op2oc3ccccc3c3ccccc3o2)cc(-c2ccccc2Op2oc3ccccc3c3ccccc3o2)c1. The Bertz CT molecular complexity index is 2260. The molecule has 0 spiro atoms. The highest BCUT2D eigenvalue weighted by Gasteiger charge is 2.14. The van der Waals surface area contributed by atoms with Crippen molar-refractivity contribution in [3.05, 3.63) is 146 Å². The Balaban J connectivity index is 1.18. The summed E-state index contributed by atoms with van der Waals surface area (Å²) >= 11 is 0. The molecule has 0 aliphatic carbocycles. The first-order valence-electron chi connectivity index (χ1n) is 14.0. The van der Waals surface area contributed by atoms with Crippen LogP contribution in [-0.4, -0.2) is 0 Å². The molecule has 44 heavy (non-hydrogen) atoms. The molecule has 0 atom stereocenters. The number of benzene rings is 6. The van der Waals surface area contributed by atoms with Gasteiger partial charge in [0.25, 0.3) is 0 Å². The average Bonchev–Trinajstić information content (AvgIpc) is 3.32. The first-order chi connectivity index (χ1) is 21.8. The van der Waals surface area contributed by atoms with Crippen LogP contribution in [0.4, 0.5) is 0 Å². The molecule has 6 aromatic carbocycles. The van der Waals surface area contributed by atoms with Gasteiger partial charge in [0, 0.05) is 27.1 Å². The predicted molar refractivity (Wildman–Crippen MR) is 177 cm³/mol. The zero-order valence-electron chi connectivity index (χ0n) is 23.2. The normalized spacial score (nSPS) is 11.2. The maximum absolute atomic E-state index is 6.45. The second kappa shape index (κ2) is 11.4. The van der Waals surface area contributed by atoms with Crippen LogP contribution in [0, 0.1) is 0 Å².